The summed E-state index contributed by atoms with van der Waals surface area (Å²) < 4.78 is 10.1. The average Bonchev–Trinajstić information content (AvgIpc) is 3.22. The summed E-state index contributed by atoms with van der Waals surface area (Å²) >= 11 is 7.31. The molecule has 1 aromatic carbocycles. The van der Waals surface area contributed by atoms with Gasteiger partial charge < -0.3 is 9.30 Å². The van der Waals surface area contributed by atoms with E-state index in [2.05, 4.69) is 41.6 Å². The number of nitrogens with zero attached hydrogens (tertiary/aromatic N) is 4. The number of aromatic nitrogens is 3. The summed E-state index contributed by atoms with van der Waals surface area (Å²) in [7, 11) is 4.06. The molecule has 0 radical (unpaired) electrons. The summed E-state index contributed by atoms with van der Waals surface area (Å²) in [6.45, 7) is 4.16. The molecule has 2 aromatic heterocycles. The van der Waals surface area contributed by atoms with Gasteiger partial charge in [-0.2, -0.15) is 5.10 Å². The fourth-order valence-electron chi connectivity index (χ4n) is 2.80. The SMILES string of the molecule is CCOc1ccc(CN(C)Cn2nc(Cc3cccs3)n(C)c2=S)cc1. The van der Waals surface area contributed by atoms with Crippen LogP contribution < -0.4 is 4.74 Å². The Morgan fingerprint density at radius 2 is 2.00 bits per heavy atom. The summed E-state index contributed by atoms with van der Waals surface area (Å²) in [5.74, 6) is 1.90. The van der Waals surface area contributed by atoms with E-state index in [1.165, 1.54) is 10.4 Å². The van der Waals surface area contributed by atoms with Gasteiger partial charge in [0.25, 0.3) is 0 Å². The lowest BCUT2D eigenvalue weighted by Gasteiger charge is -2.16. The van der Waals surface area contributed by atoms with Crippen molar-refractivity contribution in [1.29, 1.82) is 0 Å². The molecule has 0 atom stereocenters. The molecule has 7 heteroatoms. The molecule has 0 bridgehead atoms. The summed E-state index contributed by atoms with van der Waals surface area (Å²) in [6.07, 6.45) is 0.813. The molecule has 0 aliphatic heterocycles. The second kappa shape index (κ2) is 8.62. The van der Waals surface area contributed by atoms with Crippen LogP contribution in [0.1, 0.15) is 23.2 Å². The zero-order chi connectivity index (χ0) is 18.5. The average molecular weight is 389 g/mol. The summed E-state index contributed by atoms with van der Waals surface area (Å²) in [4.78, 5) is 3.50. The molecule has 0 saturated carbocycles. The first-order valence-electron chi connectivity index (χ1n) is 8.62. The van der Waals surface area contributed by atoms with Gasteiger partial charge >= 0.3 is 0 Å². The molecule has 138 valence electrons. The lowest BCUT2D eigenvalue weighted by atomic mass is 10.2. The van der Waals surface area contributed by atoms with E-state index in [1.807, 2.05) is 35.4 Å². The first-order valence-corrected chi connectivity index (χ1v) is 9.91. The maximum atomic E-state index is 5.56. The van der Waals surface area contributed by atoms with Crippen molar-refractivity contribution in [2.24, 2.45) is 7.05 Å². The minimum atomic E-state index is 0.657. The van der Waals surface area contributed by atoms with E-state index in [1.54, 1.807) is 11.3 Å². The largest absolute Gasteiger partial charge is 0.494 e. The number of thiophene rings is 1. The number of ether oxygens (including phenoxy) is 1. The van der Waals surface area contributed by atoms with Crippen molar-refractivity contribution in [2.75, 3.05) is 13.7 Å². The Hall–Kier alpha value is -1.96. The highest BCUT2D eigenvalue weighted by Gasteiger charge is 2.11. The number of hydrogen-bond acceptors (Lipinski definition) is 5. The predicted molar refractivity (Wildman–Crippen MR) is 108 cm³/mol. The molecule has 0 unspecified atom stereocenters. The van der Waals surface area contributed by atoms with E-state index < -0.39 is 0 Å². The van der Waals surface area contributed by atoms with Crippen molar-refractivity contribution >= 4 is 23.6 Å². The first kappa shape index (κ1) is 18.8. The third kappa shape index (κ3) is 4.60. The van der Waals surface area contributed by atoms with E-state index in [0.717, 1.165) is 29.3 Å². The molecule has 0 fully saturated rings. The zero-order valence-electron chi connectivity index (χ0n) is 15.4. The monoisotopic (exact) mass is 388 g/mol. The molecule has 3 rings (SSSR count). The van der Waals surface area contributed by atoms with Gasteiger partial charge in [-0.05, 0) is 55.3 Å². The van der Waals surface area contributed by atoms with Crippen LogP contribution >= 0.6 is 23.6 Å². The van der Waals surface area contributed by atoms with Crippen LogP contribution in [-0.4, -0.2) is 32.9 Å². The van der Waals surface area contributed by atoms with Crippen LogP contribution in [0.2, 0.25) is 0 Å². The topological polar surface area (TPSA) is 35.2 Å². The van der Waals surface area contributed by atoms with Crippen LogP contribution in [-0.2, 0) is 26.7 Å². The van der Waals surface area contributed by atoms with Crippen LogP contribution in [0.3, 0.4) is 0 Å². The molecule has 3 aromatic rings. The molecule has 26 heavy (non-hydrogen) atoms. The third-order valence-corrected chi connectivity index (χ3v) is 5.47. The van der Waals surface area contributed by atoms with Crippen molar-refractivity contribution in [3.63, 3.8) is 0 Å². The Morgan fingerprint density at radius 1 is 1.23 bits per heavy atom. The van der Waals surface area contributed by atoms with Crippen molar-refractivity contribution in [2.45, 2.75) is 26.6 Å². The van der Waals surface area contributed by atoms with Crippen molar-refractivity contribution in [3.05, 3.63) is 62.8 Å². The van der Waals surface area contributed by atoms with Crippen LogP contribution in [0.15, 0.2) is 41.8 Å². The highest BCUT2D eigenvalue weighted by Crippen LogP contribution is 2.15. The van der Waals surface area contributed by atoms with Gasteiger partial charge in [-0.25, -0.2) is 4.68 Å². The van der Waals surface area contributed by atoms with Gasteiger partial charge in [0.15, 0.2) is 4.77 Å². The van der Waals surface area contributed by atoms with Crippen molar-refractivity contribution < 1.29 is 4.74 Å². The highest BCUT2D eigenvalue weighted by molar-refractivity contribution is 7.71. The molecule has 0 aliphatic rings. The lowest BCUT2D eigenvalue weighted by molar-refractivity contribution is 0.243. The maximum absolute atomic E-state index is 5.56. The van der Waals surface area contributed by atoms with E-state index in [0.29, 0.717) is 13.3 Å². The van der Waals surface area contributed by atoms with Gasteiger partial charge in [0.05, 0.1) is 13.3 Å². The van der Waals surface area contributed by atoms with Gasteiger partial charge in [-0.3, -0.25) is 4.90 Å². The molecule has 0 amide bonds. The molecular weight excluding hydrogens is 364 g/mol. The smallest absolute Gasteiger partial charge is 0.198 e. The van der Waals surface area contributed by atoms with Gasteiger partial charge in [0.2, 0.25) is 0 Å². The van der Waals surface area contributed by atoms with Gasteiger partial charge in [0.1, 0.15) is 11.6 Å². The standard InChI is InChI=1S/C19H24N4OS2/c1-4-24-16-9-7-15(8-10-16)13-21(2)14-23-19(25)22(3)18(20-23)12-17-6-5-11-26-17/h5-11H,4,12-14H2,1-3H3. The summed E-state index contributed by atoms with van der Waals surface area (Å²) in [6, 6.07) is 12.4. The molecule has 0 saturated heterocycles. The molecule has 5 nitrogen and oxygen atoms in total. The molecule has 0 spiro atoms. The molecule has 0 N–H and O–H groups in total. The van der Waals surface area contributed by atoms with Crippen LogP contribution in [0.4, 0.5) is 0 Å². The Bertz CT molecular complexity index is 881. The Kier molecular flexibility index (Phi) is 6.24. The number of rotatable bonds is 8. The van der Waals surface area contributed by atoms with E-state index in [4.69, 9.17) is 22.1 Å². The van der Waals surface area contributed by atoms with E-state index in [-0.39, 0.29) is 0 Å². The normalized spacial score (nSPS) is 11.2. The first-order chi connectivity index (χ1) is 12.6. The fourth-order valence-corrected chi connectivity index (χ4v) is 3.70. The quantitative estimate of drug-likeness (QED) is 0.545. The summed E-state index contributed by atoms with van der Waals surface area (Å²) in [5, 5.41) is 6.81. The minimum Gasteiger partial charge on any atom is -0.494 e. The Balaban J connectivity index is 1.65. The zero-order valence-corrected chi connectivity index (χ0v) is 17.0. The van der Waals surface area contributed by atoms with Crippen LogP contribution in [0, 0.1) is 4.77 Å². The second-order valence-corrected chi connectivity index (χ2v) is 7.64. The van der Waals surface area contributed by atoms with Crippen molar-refractivity contribution in [3.8, 4) is 5.75 Å². The van der Waals surface area contributed by atoms with E-state index in [9.17, 15) is 0 Å². The third-order valence-electron chi connectivity index (χ3n) is 4.11. The highest BCUT2D eigenvalue weighted by atomic mass is 32.1. The predicted octanol–water partition coefficient (Wildman–Crippen LogP) is 4.09. The number of hydrogen-bond donors (Lipinski definition) is 0. The lowest BCUT2D eigenvalue weighted by Crippen LogP contribution is -2.22. The minimum absolute atomic E-state index is 0.657. The maximum Gasteiger partial charge on any atom is 0.198 e. The van der Waals surface area contributed by atoms with Crippen molar-refractivity contribution in [1.82, 2.24) is 19.2 Å². The molecular formula is C19H24N4OS2. The fraction of sp³-hybridized carbons (Fsp3) is 0.368. The second-order valence-electron chi connectivity index (χ2n) is 6.25. The molecule has 0 aliphatic carbocycles. The number of benzene rings is 1. The van der Waals surface area contributed by atoms with E-state index >= 15 is 0 Å². The van der Waals surface area contributed by atoms with Crippen LogP contribution in [0.5, 0.6) is 5.75 Å². The van der Waals surface area contributed by atoms with Gasteiger partial charge in [0, 0.05) is 24.9 Å². The van der Waals surface area contributed by atoms with Gasteiger partial charge in [-0.15, -0.1) is 11.3 Å². The summed E-state index contributed by atoms with van der Waals surface area (Å²) in [5.41, 5.74) is 1.23. The van der Waals surface area contributed by atoms with Gasteiger partial charge in [-0.1, -0.05) is 18.2 Å². The van der Waals surface area contributed by atoms with Crippen LogP contribution in [0.25, 0.3) is 0 Å². The Labute approximate surface area is 163 Å². The Morgan fingerprint density at radius 3 is 2.65 bits per heavy atom. The molecule has 2 heterocycles.